The second kappa shape index (κ2) is 7.96. The fourth-order valence-corrected chi connectivity index (χ4v) is 2.26. The maximum absolute atomic E-state index is 12.1. The van der Waals surface area contributed by atoms with E-state index in [9.17, 15) is 4.79 Å². The first kappa shape index (κ1) is 15.7. The second-order valence-electron chi connectivity index (χ2n) is 4.71. The molecule has 0 fully saturated rings. The van der Waals surface area contributed by atoms with Crippen molar-refractivity contribution < 1.29 is 4.79 Å². The Morgan fingerprint density at radius 2 is 2.26 bits per heavy atom. The minimum absolute atomic E-state index is 0.0320. The number of benzene rings is 1. The molecule has 0 aliphatic rings. The molecule has 4 heteroatoms. The van der Waals surface area contributed by atoms with Gasteiger partial charge in [-0.15, -0.1) is 0 Å². The van der Waals surface area contributed by atoms with Gasteiger partial charge in [0.2, 0.25) is 5.91 Å². The van der Waals surface area contributed by atoms with Gasteiger partial charge in [0.1, 0.15) is 0 Å². The lowest BCUT2D eigenvalue weighted by Gasteiger charge is -2.15. The van der Waals surface area contributed by atoms with Crippen molar-refractivity contribution in [3.05, 3.63) is 34.3 Å². The third-order valence-corrected chi connectivity index (χ3v) is 3.53. The molecular formula is C15H19BrN2O. The summed E-state index contributed by atoms with van der Waals surface area (Å²) in [4.78, 5) is 12.1. The highest BCUT2D eigenvalue weighted by Gasteiger charge is 2.17. The zero-order valence-electron chi connectivity index (χ0n) is 11.3. The molecule has 0 aliphatic carbocycles. The summed E-state index contributed by atoms with van der Waals surface area (Å²) >= 11 is 3.43. The number of hydrogen-bond acceptors (Lipinski definition) is 2. The number of nitrogens with one attached hydrogen (secondary N) is 1. The standard InChI is InChI=1S/C15H19BrN2O/c1-3-13(15(19)18-10-11(2)9-17)7-12-5-4-6-14(16)8-12/h4-6,8,11,13H,3,7,10H2,1-2H3,(H,18,19)/t11-,13-/m1/s1. The van der Waals surface area contributed by atoms with Gasteiger partial charge >= 0.3 is 0 Å². The highest BCUT2D eigenvalue weighted by Crippen LogP contribution is 2.17. The van der Waals surface area contributed by atoms with Crippen LogP contribution in [-0.2, 0) is 11.2 Å². The van der Waals surface area contributed by atoms with Crippen LogP contribution in [0, 0.1) is 23.2 Å². The maximum Gasteiger partial charge on any atom is 0.223 e. The molecule has 0 radical (unpaired) electrons. The summed E-state index contributed by atoms with van der Waals surface area (Å²) in [5.74, 6) is -0.155. The Bertz CT molecular complexity index is 467. The first-order chi connectivity index (χ1) is 9.06. The largest absolute Gasteiger partial charge is 0.355 e. The molecule has 19 heavy (non-hydrogen) atoms. The molecule has 1 amide bonds. The molecule has 2 atom stereocenters. The van der Waals surface area contributed by atoms with Gasteiger partial charge in [0, 0.05) is 16.9 Å². The number of hydrogen-bond donors (Lipinski definition) is 1. The lowest BCUT2D eigenvalue weighted by atomic mass is 9.96. The van der Waals surface area contributed by atoms with Crippen molar-refractivity contribution in [2.45, 2.75) is 26.7 Å². The van der Waals surface area contributed by atoms with Crippen LogP contribution < -0.4 is 5.32 Å². The molecule has 0 saturated carbocycles. The molecule has 1 rings (SSSR count). The highest BCUT2D eigenvalue weighted by molar-refractivity contribution is 9.10. The van der Waals surface area contributed by atoms with Crippen molar-refractivity contribution in [2.75, 3.05) is 6.54 Å². The smallest absolute Gasteiger partial charge is 0.223 e. The van der Waals surface area contributed by atoms with Crippen LogP contribution in [0.15, 0.2) is 28.7 Å². The van der Waals surface area contributed by atoms with Gasteiger partial charge in [-0.05, 0) is 37.5 Å². The van der Waals surface area contributed by atoms with Crippen molar-refractivity contribution in [1.29, 1.82) is 5.26 Å². The Balaban J connectivity index is 2.58. The highest BCUT2D eigenvalue weighted by atomic mass is 79.9. The summed E-state index contributed by atoms with van der Waals surface area (Å²) in [6, 6.07) is 10.1. The molecule has 0 saturated heterocycles. The Kier molecular flexibility index (Phi) is 6.58. The van der Waals surface area contributed by atoms with Crippen LogP contribution in [0.1, 0.15) is 25.8 Å². The maximum atomic E-state index is 12.1. The fourth-order valence-electron chi connectivity index (χ4n) is 1.81. The lowest BCUT2D eigenvalue weighted by molar-refractivity contribution is -0.125. The van der Waals surface area contributed by atoms with Crippen molar-refractivity contribution in [1.82, 2.24) is 5.32 Å². The van der Waals surface area contributed by atoms with Crippen LogP contribution in [0.25, 0.3) is 0 Å². The monoisotopic (exact) mass is 322 g/mol. The molecular weight excluding hydrogens is 304 g/mol. The summed E-state index contributed by atoms with van der Waals surface area (Å²) in [6.45, 7) is 4.23. The van der Waals surface area contributed by atoms with Crippen LogP contribution in [0.4, 0.5) is 0 Å². The molecule has 0 aliphatic heterocycles. The summed E-state index contributed by atoms with van der Waals surface area (Å²) in [6.07, 6.45) is 1.52. The van der Waals surface area contributed by atoms with Crippen LogP contribution >= 0.6 is 15.9 Å². The third-order valence-electron chi connectivity index (χ3n) is 3.04. The molecule has 1 aromatic carbocycles. The zero-order valence-corrected chi connectivity index (χ0v) is 12.9. The first-order valence-electron chi connectivity index (χ1n) is 6.48. The number of carbonyl (C=O) groups is 1. The van der Waals surface area contributed by atoms with Crippen LogP contribution in [0.3, 0.4) is 0 Å². The fraction of sp³-hybridized carbons (Fsp3) is 0.467. The second-order valence-corrected chi connectivity index (χ2v) is 5.63. The molecule has 1 aromatic rings. The van der Waals surface area contributed by atoms with Gasteiger partial charge in [0.05, 0.1) is 12.0 Å². The van der Waals surface area contributed by atoms with E-state index >= 15 is 0 Å². The molecule has 1 N–H and O–H groups in total. The average molecular weight is 323 g/mol. The van der Waals surface area contributed by atoms with E-state index in [2.05, 4.69) is 27.3 Å². The first-order valence-corrected chi connectivity index (χ1v) is 7.27. The Morgan fingerprint density at radius 3 is 2.84 bits per heavy atom. The minimum atomic E-state index is -0.146. The van der Waals surface area contributed by atoms with Gasteiger partial charge in [-0.25, -0.2) is 0 Å². The number of carbonyl (C=O) groups excluding carboxylic acids is 1. The van der Waals surface area contributed by atoms with E-state index in [1.807, 2.05) is 31.2 Å². The topological polar surface area (TPSA) is 52.9 Å². The predicted molar refractivity (Wildman–Crippen MR) is 79.4 cm³/mol. The Morgan fingerprint density at radius 1 is 1.53 bits per heavy atom. The van der Waals surface area contributed by atoms with Crippen molar-refractivity contribution >= 4 is 21.8 Å². The Hall–Kier alpha value is -1.34. The molecule has 0 spiro atoms. The quantitative estimate of drug-likeness (QED) is 0.873. The van der Waals surface area contributed by atoms with Gasteiger partial charge in [-0.3, -0.25) is 4.79 Å². The number of amides is 1. The van der Waals surface area contributed by atoms with Crippen molar-refractivity contribution in [3.8, 4) is 6.07 Å². The van der Waals surface area contributed by atoms with Gasteiger partial charge in [0.25, 0.3) is 0 Å². The summed E-state index contributed by atoms with van der Waals surface area (Å²) in [5, 5.41) is 11.5. The van der Waals surface area contributed by atoms with Crippen LogP contribution in [-0.4, -0.2) is 12.5 Å². The van der Waals surface area contributed by atoms with E-state index in [0.29, 0.717) is 6.54 Å². The molecule has 0 unspecified atom stereocenters. The molecule has 3 nitrogen and oxygen atoms in total. The summed E-state index contributed by atoms with van der Waals surface area (Å²) in [5.41, 5.74) is 1.14. The van der Waals surface area contributed by atoms with Crippen molar-refractivity contribution in [3.63, 3.8) is 0 Å². The van der Waals surface area contributed by atoms with Gasteiger partial charge in [-0.2, -0.15) is 5.26 Å². The van der Waals surface area contributed by atoms with E-state index in [1.54, 1.807) is 6.92 Å². The van der Waals surface area contributed by atoms with Crippen LogP contribution in [0.2, 0.25) is 0 Å². The van der Waals surface area contributed by atoms with E-state index in [4.69, 9.17) is 5.26 Å². The number of nitriles is 1. The predicted octanol–water partition coefficient (Wildman–Crippen LogP) is 3.29. The third kappa shape index (κ3) is 5.44. The molecule has 0 bridgehead atoms. The van der Waals surface area contributed by atoms with Gasteiger partial charge in [0.15, 0.2) is 0 Å². The number of rotatable bonds is 6. The molecule has 102 valence electrons. The van der Waals surface area contributed by atoms with E-state index in [-0.39, 0.29) is 17.7 Å². The SMILES string of the molecule is CC[C@H](Cc1cccc(Br)c1)C(=O)NC[C@H](C)C#N. The number of halogens is 1. The minimum Gasteiger partial charge on any atom is -0.355 e. The van der Waals surface area contributed by atoms with Crippen molar-refractivity contribution in [2.24, 2.45) is 11.8 Å². The van der Waals surface area contributed by atoms with E-state index in [1.165, 1.54) is 0 Å². The Labute approximate surface area is 123 Å². The average Bonchev–Trinajstić information content (AvgIpc) is 2.41. The van der Waals surface area contributed by atoms with E-state index in [0.717, 1.165) is 22.9 Å². The van der Waals surface area contributed by atoms with Gasteiger partial charge < -0.3 is 5.32 Å². The zero-order chi connectivity index (χ0) is 14.3. The van der Waals surface area contributed by atoms with Crippen LogP contribution in [0.5, 0.6) is 0 Å². The van der Waals surface area contributed by atoms with E-state index < -0.39 is 0 Å². The summed E-state index contributed by atoms with van der Waals surface area (Å²) in [7, 11) is 0. The normalized spacial score (nSPS) is 13.4. The summed E-state index contributed by atoms with van der Waals surface area (Å²) < 4.78 is 1.03. The number of nitrogens with zero attached hydrogens (tertiary/aromatic N) is 1. The lowest BCUT2D eigenvalue weighted by Crippen LogP contribution is -2.34. The molecule has 0 heterocycles. The molecule has 0 aromatic heterocycles. The van der Waals surface area contributed by atoms with Gasteiger partial charge in [-0.1, -0.05) is 35.0 Å².